The van der Waals surface area contributed by atoms with Gasteiger partial charge in [0.25, 0.3) is 5.52 Å². The van der Waals surface area contributed by atoms with Gasteiger partial charge in [-0.2, -0.15) is 5.26 Å². The Morgan fingerprint density at radius 3 is 2.48 bits per heavy atom. The molecular weight excluding hydrogens is 266 g/mol. The average Bonchev–Trinajstić information content (AvgIpc) is 2.52. The quantitative estimate of drug-likeness (QED) is 0.642. The predicted octanol–water partition coefficient (Wildman–Crippen LogP) is 2.75. The second-order valence-corrected chi connectivity index (χ2v) is 4.75. The van der Waals surface area contributed by atoms with Gasteiger partial charge < -0.3 is 9.94 Å². The Morgan fingerprint density at radius 1 is 1.14 bits per heavy atom. The highest BCUT2D eigenvalue weighted by Gasteiger charge is 2.22. The number of aromatic nitrogens is 2. The van der Waals surface area contributed by atoms with Gasteiger partial charge in [0, 0.05) is 16.5 Å². The van der Waals surface area contributed by atoms with Crippen LogP contribution in [0.3, 0.4) is 0 Å². The predicted molar refractivity (Wildman–Crippen MR) is 79.0 cm³/mol. The number of nitriles is 1. The molecule has 3 rings (SSSR count). The van der Waals surface area contributed by atoms with E-state index in [4.69, 9.17) is 0 Å². The first-order valence-corrected chi connectivity index (χ1v) is 6.38. The third-order valence-corrected chi connectivity index (χ3v) is 3.38. The van der Waals surface area contributed by atoms with E-state index in [1.165, 1.54) is 6.07 Å². The van der Waals surface area contributed by atoms with Crippen molar-refractivity contribution in [2.24, 2.45) is 0 Å². The van der Waals surface area contributed by atoms with Crippen molar-refractivity contribution in [3.8, 4) is 17.3 Å². The third kappa shape index (κ3) is 1.94. The third-order valence-electron chi connectivity index (χ3n) is 3.38. The van der Waals surface area contributed by atoms with Crippen molar-refractivity contribution in [2.75, 3.05) is 0 Å². The molecule has 0 atom stereocenters. The molecule has 5 heteroatoms. The van der Waals surface area contributed by atoms with Crippen LogP contribution in [-0.4, -0.2) is 4.73 Å². The minimum absolute atomic E-state index is 0.0752. The number of para-hydroxylation sites is 2. The minimum atomic E-state index is -0.201. The Balaban J connectivity index is 2.47. The highest BCUT2D eigenvalue weighted by Crippen LogP contribution is 2.24. The van der Waals surface area contributed by atoms with E-state index in [1.807, 2.05) is 25.1 Å². The van der Waals surface area contributed by atoms with E-state index < -0.39 is 0 Å². The lowest BCUT2D eigenvalue weighted by molar-refractivity contribution is -0.467. The van der Waals surface area contributed by atoms with Crippen molar-refractivity contribution in [3.63, 3.8) is 0 Å². The molecule has 5 nitrogen and oxygen atoms in total. The van der Waals surface area contributed by atoms with Crippen LogP contribution in [0.4, 0.5) is 0 Å². The van der Waals surface area contributed by atoms with Gasteiger partial charge >= 0.3 is 5.69 Å². The smallest absolute Gasteiger partial charge is 0.363 e. The summed E-state index contributed by atoms with van der Waals surface area (Å²) in [7, 11) is 0. The first-order valence-electron chi connectivity index (χ1n) is 6.38. The van der Waals surface area contributed by atoms with Crippen LogP contribution < -0.4 is 4.43 Å². The van der Waals surface area contributed by atoms with Crippen molar-refractivity contribution in [3.05, 3.63) is 69.9 Å². The zero-order valence-corrected chi connectivity index (χ0v) is 11.3. The van der Waals surface area contributed by atoms with Gasteiger partial charge in [0.2, 0.25) is 0 Å². The molecule has 21 heavy (non-hydrogen) atoms. The Labute approximate surface area is 120 Å². The maximum absolute atomic E-state index is 12.6. The average molecular weight is 277 g/mol. The molecule has 1 aromatic heterocycles. The molecule has 0 spiro atoms. The summed E-state index contributed by atoms with van der Waals surface area (Å²) < 4.78 is 1.16. The van der Waals surface area contributed by atoms with E-state index in [1.54, 1.807) is 30.3 Å². The van der Waals surface area contributed by atoms with Crippen molar-refractivity contribution < 1.29 is 4.43 Å². The van der Waals surface area contributed by atoms with Gasteiger partial charge in [-0.25, -0.2) is 0 Å². The second kappa shape index (κ2) is 4.76. The van der Waals surface area contributed by atoms with Gasteiger partial charge in [-0.1, -0.05) is 42.0 Å². The van der Waals surface area contributed by atoms with Crippen molar-refractivity contribution in [1.29, 1.82) is 5.26 Å². The molecule has 0 aliphatic heterocycles. The van der Waals surface area contributed by atoms with Gasteiger partial charge in [-0.15, -0.1) is 0 Å². The van der Waals surface area contributed by atoms with Gasteiger partial charge in [0.15, 0.2) is 6.07 Å². The lowest BCUT2D eigenvalue weighted by atomic mass is 10.1. The Hall–Kier alpha value is -3.13. The fraction of sp³-hybridized carbons (Fsp3) is 0.0625. The zero-order valence-electron chi connectivity index (χ0n) is 11.3. The first kappa shape index (κ1) is 12.9. The second-order valence-electron chi connectivity index (χ2n) is 4.75. The minimum Gasteiger partial charge on any atom is -0.805 e. The molecule has 0 radical (unpaired) electrons. The standard InChI is InChI=1S/C16H11N3O2/c1-11-6-8-12(9-7-11)16-15(10-17)18(20)13-4-2-3-5-14(13)19(16)21/h2-9H,1H3. The lowest BCUT2D eigenvalue weighted by Crippen LogP contribution is -2.24. The van der Waals surface area contributed by atoms with Crippen molar-refractivity contribution in [2.45, 2.75) is 6.92 Å². The molecule has 3 aromatic rings. The summed E-state index contributed by atoms with van der Waals surface area (Å²) in [4.78, 5) is 12.3. The van der Waals surface area contributed by atoms with Crippen LogP contribution in [0.1, 0.15) is 11.3 Å². The first-order chi connectivity index (χ1) is 10.1. The van der Waals surface area contributed by atoms with E-state index in [-0.39, 0.29) is 22.4 Å². The number of hydrogen-bond donors (Lipinski definition) is 0. The van der Waals surface area contributed by atoms with Gasteiger partial charge in [0.1, 0.15) is 11.2 Å². The summed E-state index contributed by atoms with van der Waals surface area (Å²) in [5.74, 6) is 0. The van der Waals surface area contributed by atoms with E-state index >= 15 is 0 Å². The number of nitrogens with zero attached hydrogens (tertiary/aromatic N) is 3. The van der Waals surface area contributed by atoms with Crippen LogP contribution >= 0.6 is 0 Å². The zero-order chi connectivity index (χ0) is 15.0. The molecular formula is C16H11N3O2. The molecule has 102 valence electrons. The lowest BCUT2D eigenvalue weighted by Gasteiger charge is -2.17. The van der Waals surface area contributed by atoms with E-state index in [0.717, 1.165) is 5.56 Å². The molecule has 0 N–H and O–H groups in total. The van der Waals surface area contributed by atoms with Gasteiger partial charge in [-0.05, 0) is 13.0 Å². The Kier molecular flexibility index (Phi) is 2.92. The maximum Gasteiger partial charge on any atom is 0.363 e. The highest BCUT2D eigenvalue weighted by molar-refractivity contribution is 5.77. The number of benzene rings is 2. The SMILES string of the molecule is Cc1ccc(-c2c(C#N)[n+](=O)c3ccccc3n2[O-])cc1. The monoisotopic (exact) mass is 277 g/mol. The van der Waals surface area contributed by atoms with Crippen LogP contribution in [0.25, 0.3) is 22.3 Å². The van der Waals surface area contributed by atoms with E-state index in [9.17, 15) is 15.4 Å². The molecule has 0 saturated heterocycles. The molecule has 0 aliphatic carbocycles. The summed E-state index contributed by atoms with van der Waals surface area (Å²) in [6.45, 7) is 1.93. The molecule has 0 aliphatic rings. The highest BCUT2D eigenvalue weighted by atomic mass is 16.5. The summed E-state index contributed by atoms with van der Waals surface area (Å²) in [6, 6.07) is 15.4. The maximum atomic E-state index is 12.6. The molecule has 0 unspecified atom stereocenters. The summed E-state index contributed by atoms with van der Waals surface area (Å²) >= 11 is 0. The summed E-state index contributed by atoms with van der Waals surface area (Å²) in [6.07, 6.45) is 0. The number of fused-ring (bicyclic) bond motifs is 1. The van der Waals surface area contributed by atoms with E-state index in [0.29, 0.717) is 14.7 Å². The van der Waals surface area contributed by atoms with Gasteiger partial charge in [0.05, 0.1) is 4.43 Å². The Morgan fingerprint density at radius 2 is 1.81 bits per heavy atom. The topological polar surface area (TPSA) is 74.8 Å². The molecule has 0 bridgehead atoms. The molecule has 0 saturated carbocycles. The summed E-state index contributed by atoms with van der Waals surface area (Å²) in [5, 5.41) is 21.8. The molecule has 2 aromatic carbocycles. The van der Waals surface area contributed by atoms with Crippen LogP contribution in [0.2, 0.25) is 0 Å². The normalized spacial score (nSPS) is 10.5. The van der Waals surface area contributed by atoms with Crippen LogP contribution in [0.15, 0.2) is 48.5 Å². The summed E-state index contributed by atoms with van der Waals surface area (Å²) in [5.41, 5.74) is 1.87. The number of aryl methyl sites for hydroxylation is 1. The van der Waals surface area contributed by atoms with Crippen LogP contribution in [0.5, 0.6) is 0 Å². The van der Waals surface area contributed by atoms with Gasteiger partial charge in [-0.3, -0.25) is 0 Å². The van der Waals surface area contributed by atoms with Crippen molar-refractivity contribution >= 4 is 11.0 Å². The van der Waals surface area contributed by atoms with Crippen LogP contribution in [0, 0.1) is 28.4 Å². The largest absolute Gasteiger partial charge is 0.805 e. The molecule has 1 heterocycles. The number of hydrogen-bond acceptors (Lipinski definition) is 3. The molecule has 0 amide bonds. The Bertz CT molecular complexity index is 935. The fourth-order valence-corrected chi connectivity index (χ4v) is 2.30. The number of rotatable bonds is 1. The fourth-order valence-electron chi connectivity index (χ4n) is 2.30. The van der Waals surface area contributed by atoms with E-state index in [2.05, 4.69) is 0 Å². The van der Waals surface area contributed by atoms with Crippen molar-refractivity contribution in [1.82, 2.24) is 4.73 Å². The molecule has 0 fully saturated rings. The van der Waals surface area contributed by atoms with Crippen LogP contribution in [-0.2, 0) is 0 Å².